The molecule has 2 heterocycles. The van der Waals surface area contributed by atoms with Crippen molar-refractivity contribution in [1.29, 1.82) is 0 Å². The van der Waals surface area contributed by atoms with Gasteiger partial charge in [0.25, 0.3) is 0 Å². The van der Waals surface area contributed by atoms with E-state index in [1.807, 2.05) is 16.8 Å². The van der Waals surface area contributed by atoms with Gasteiger partial charge in [-0.1, -0.05) is 0 Å². The molecule has 1 saturated heterocycles. The standard InChI is InChI=1S/C16H23N3O3/c1-20-15-10-13-12-19(17-14(13)11-16(15)21-2)5-3-4-18-6-8-22-9-7-18/h10-12H,3-9H2,1-2H3. The van der Waals surface area contributed by atoms with Gasteiger partial charge in [-0.2, -0.15) is 5.10 Å². The highest BCUT2D eigenvalue weighted by Crippen LogP contribution is 2.31. The van der Waals surface area contributed by atoms with Gasteiger partial charge in [-0.25, -0.2) is 0 Å². The molecular formula is C16H23N3O3. The highest BCUT2D eigenvalue weighted by molar-refractivity contribution is 5.82. The number of benzene rings is 1. The summed E-state index contributed by atoms with van der Waals surface area (Å²) in [5.41, 5.74) is 0.934. The van der Waals surface area contributed by atoms with Crippen LogP contribution in [0.25, 0.3) is 10.9 Å². The molecule has 1 fully saturated rings. The van der Waals surface area contributed by atoms with E-state index < -0.39 is 0 Å². The molecule has 0 unspecified atom stereocenters. The Kier molecular flexibility index (Phi) is 4.80. The van der Waals surface area contributed by atoms with E-state index >= 15 is 0 Å². The average molecular weight is 305 g/mol. The van der Waals surface area contributed by atoms with E-state index in [9.17, 15) is 0 Å². The zero-order valence-corrected chi connectivity index (χ0v) is 13.2. The van der Waals surface area contributed by atoms with E-state index in [0.29, 0.717) is 5.75 Å². The first kappa shape index (κ1) is 15.1. The van der Waals surface area contributed by atoms with Crippen LogP contribution in [0.4, 0.5) is 0 Å². The van der Waals surface area contributed by atoms with Crippen molar-refractivity contribution in [3.63, 3.8) is 0 Å². The quantitative estimate of drug-likeness (QED) is 0.814. The second-order valence-electron chi connectivity index (χ2n) is 5.47. The largest absolute Gasteiger partial charge is 0.493 e. The van der Waals surface area contributed by atoms with Crippen LogP contribution in [0.15, 0.2) is 18.3 Å². The topological polar surface area (TPSA) is 48.8 Å². The molecule has 0 spiro atoms. The van der Waals surface area contributed by atoms with Gasteiger partial charge in [-0.15, -0.1) is 0 Å². The van der Waals surface area contributed by atoms with E-state index in [0.717, 1.165) is 62.5 Å². The Bertz CT molecular complexity index is 579. The lowest BCUT2D eigenvalue weighted by Gasteiger charge is -2.26. The summed E-state index contributed by atoms with van der Waals surface area (Å²) in [4.78, 5) is 2.44. The van der Waals surface area contributed by atoms with Crippen LogP contribution in [0.2, 0.25) is 0 Å². The molecule has 0 amide bonds. The van der Waals surface area contributed by atoms with E-state index in [-0.39, 0.29) is 0 Å². The van der Waals surface area contributed by atoms with Crippen molar-refractivity contribution in [3.05, 3.63) is 18.3 Å². The molecule has 22 heavy (non-hydrogen) atoms. The van der Waals surface area contributed by atoms with Gasteiger partial charge in [0.2, 0.25) is 0 Å². The maximum Gasteiger partial charge on any atom is 0.162 e. The number of hydrogen-bond donors (Lipinski definition) is 0. The van der Waals surface area contributed by atoms with Gasteiger partial charge >= 0.3 is 0 Å². The van der Waals surface area contributed by atoms with Gasteiger partial charge in [0, 0.05) is 43.8 Å². The zero-order chi connectivity index (χ0) is 15.4. The van der Waals surface area contributed by atoms with Crippen LogP contribution < -0.4 is 9.47 Å². The Morgan fingerprint density at radius 1 is 1.09 bits per heavy atom. The molecule has 0 radical (unpaired) electrons. The van der Waals surface area contributed by atoms with Gasteiger partial charge < -0.3 is 14.2 Å². The molecule has 120 valence electrons. The third kappa shape index (κ3) is 3.34. The van der Waals surface area contributed by atoms with Crippen LogP contribution in [0, 0.1) is 0 Å². The smallest absolute Gasteiger partial charge is 0.162 e. The lowest BCUT2D eigenvalue weighted by atomic mass is 10.2. The SMILES string of the molecule is COc1cc2cn(CCCN3CCOCC3)nc2cc1OC. The number of aromatic nitrogens is 2. The molecule has 6 heteroatoms. The van der Waals surface area contributed by atoms with Crippen LogP contribution >= 0.6 is 0 Å². The van der Waals surface area contributed by atoms with Gasteiger partial charge in [0.15, 0.2) is 11.5 Å². The average Bonchev–Trinajstić information content (AvgIpc) is 2.96. The second kappa shape index (κ2) is 6.98. The van der Waals surface area contributed by atoms with E-state index in [2.05, 4.69) is 16.2 Å². The Morgan fingerprint density at radius 2 is 1.82 bits per heavy atom. The predicted molar refractivity (Wildman–Crippen MR) is 84.7 cm³/mol. The van der Waals surface area contributed by atoms with E-state index in [1.54, 1.807) is 14.2 Å². The van der Waals surface area contributed by atoms with Gasteiger partial charge in [0.05, 0.1) is 33.0 Å². The monoisotopic (exact) mass is 305 g/mol. The Labute approximate surface area is 130 Å². The van der Waals surface area contributed by atoms with Gasteiger partial charge in [0.1, 0.15) is 0 Å². The van der Waals surface area contributed by atoms with Crippen molar-refractivity contribution in [3.8, 4) is 11.5 Å². The maximum absolute atomic E-state index is 5.36. The third-order valence-corrected chi connectivity index (χ3v) is 4.02. The minimum Gasteiger partial charge on any atom is -0.493 e. The fourth-order valence-electron chi connectivity index (χ4n) is 2.80. The zero-order valence-electron chi connectivity index (χ0n) is 13.2. The fraction of sp³-hybridized carbons (Fsp3) is 0.562. The van der Waals surface area contributed by atoms with E-state index in [4.69, 9.17) is 14.2 Å². The number of aryl methyl sites for hydroxylation is 1. The highest BCUT2D eigenvalue weighted by atomic mass is 16.5. The number of rotatable bonds is 6. The predicted octanol–water partition coefficient (Wildman–Crippen LogP) is 1.78. The lowest BCUT2D eigenvalue weighted by molar-refractivity contribution is 0.0368. The molecule has 6 nitrogen and oxygen atoms in total. The van der Waals surface area contributed by atoms with Crippen molar-refractivity contribution in [1.82, 2.24) is 14.7 Å². The number of morpholine rings is 1. The second-order valence-corrected chi connectivity index (χ2v) is 5.47. The number of hydrogen-bond acceptors (Lipinski definition) is 5. The van der Waals surface area contributed by atoms with E-state index in [1.165, 1.54) is 0 Å². The Morgan fingerprint density at radius 3 is 2.55 bits per heavy atom. The minimum absolute atomic E-state index is 0.716. The molecule has 0 atom stereocenters. The van der Waals surface area contributed by atoms with Crippen LogP contribution in [0.3, 0.4) is 0 Å². The molecule has 0 bridgehead atoms. The molecule has 0 aliphatic carbocycles. The number of fused-ring (bicyclic) bond motifs is 1. The summed E-state index contributed by atoms with van der Waals surface area (Å²) in [6.45, 7) is 5.78. The van der Waals surface area contributed by atoms with Gasteiger partial charge in [-0.3, -0.25) is 9.58 Å². The highest BCUT2D eigenvalue weighted by Gasteiger charge is 2.11. The minimum atomic E-state index is 0.716. The molecule has 1 aromatic heterocycles. The summed E-state index contributed by atoms with van der Waals surface area (Å²) < 4.78 is 18.0. The maximum atomic E-state index is 5.36. The first-order chi connectivity index (χ1) is 10.8. The molecule has 1 aromatic carbocycles. The number of methoxy groups -OCH3 is 2. The fourth-order valence-corrected chi connectivity index (χ4v) is 2.80. The van der Waals surface area contributed by atoms with Crippen LogP contribution in [-0.2, 0) is 11.3 Å². The van der Waals surface area contributed by atoms with Crippen molar-refractivity contribution >= 4 is 10.9 Å². The molecule has 3 rings (SSSR count). The molecule has 1 aliphatic heterocycles. The number of ether oxygens (including phenoxy) is 3. The molecule has 2 aromatic rings. The summed E-state index contributed by atoms with van der Waals surface area (Å²) in [6.07, 6.45) is 3.15. The van der Waals surface area contributed by atoms with Crippen LogP contribution in [0.1, 0.15) is 6.42 Å². The van der Waals surface area contributed by atoms with Crippen molar-refractivity contribution in [2.75, 3.05) is 47.1 Å². The summed E-state index contributed by atoms with van der Waals surface area (Å²) >= 11 is 0. The Hall–Kier alpha value is -1.79. The van der Waals surface area contributed by atoms with Crippen LogP contribution in [0.5, 0.6) is 11.5 Å². The van der Waals surface area contributed by atoms with Crippen LogP contribution in [-0.4, -0.2) is 61.7 Å². The Balaban J connectivity index is 1.64. The molecule has 1 aliphatic rings. The first-order valence-electron chi connectivity index (χ1n) is 7.69. The van der Waals surface area contributed by atoms with Crippen molar-refractivity contribution < 1.29 is 14.2 Å². The number of nitrogens with zero attached hydrogens (tertiary/aromatic N) is 3. The van der Waals surface area contributed by atoms with Crippen molar-refractivity contribution in [2.45, 2.75) is 13.0 Å². The summed E-state index contributed by atoms with van der Waals surface area (Å²) in [5.74, 6) is 1.46. The summed E-state index contributed by atoms with van der Waals surface area (Å²) in [7, 11) is 3.29. The molecular weight excluding hydrogens is 282 g/mol. The first-order valence-corrected chi connectivity index (χ1v) is 7.69. The third-order valence-electron chi connectivity index (χ3n) is 4.02. The van der Waals surface area contributed by atoms with Crippen molar-refractivity contribution in [2.24, 2.45) is 0 Å². The summed E-state index contributed by atoms with van der Waals surface area (Å²) in [6, 6.07) is 3.90. The lowest BCUT2D eigenvalue weighted by Crippen LogP contribution is -2.37. The van der Waals surface area contributed by atoms with Gasteiger partial charge in [-0.05, 0) is 12.5 Å². The molecule has 0 saturated carbocycles. The summed E-state index contributed by atoms with van der Waals surface area (Å²) in [5, 5.41) is 5.69. The normalized spacial score (nSPS) is 16.1. The molecule has 0 N–H and O–H groups in total.